The zero-order valence-electron chi connectivity index (χ0n) is 20.5. The van der Waals surface area contributed by atoms with Crippen molar-refractivity contribution in [3.05, 3.63) is 56.5 Å². The van der Waals surface area contributed by atoms with Crippen LogP contribution in [0, 0.1) is 0 Å². The Bertz CT molecular complexity index is 951. The van der Waals surface area contributed by atoms with Crippen LogP contribution in [-0.4, -0.2) is 77.3 Å². The summed E-state index contributed by atoms with van der Waals surface area (Å²) in [5.41, 5.74) is 2.24. The van der Waals surface area contributed by atoms with E-state index < -0.39 is 0 Å². The van der Waals surface area contributed by atoms with E-state index in [2.05, 4.69) is 70.0 Å². The number of halogens is 2. The van der Waals surface area contributed by atoms with E-state index in [4.69, 9.17) is 33.2 Å². The average Bonchev–Trinajstić information content (AvgIpc) is 3.70. The Kier molecular flexibility index (Phi) is 8.57. The molecule has 4 heterocycles. The number of benzene rings is 2. The molecule has 4 aliphatic heterocycles. The molecule has 36 heavy (non-hydrogen) atoms. The van der Waals surface area contributed by atoms with Gasteiger partial charge in [0, 0.05) is 5.41 Å². The van der Waals surface area contributed by atoms with E-state index in [9.17, 15) is 0 Å². The quantitative estimate of drug-likeness (QED) is 0.310. The average molecular weight is 628 g/mol. The zero-order chi connectivity index (χ0) is 25.1. The maximum Gasteiger partial charge on any atom is 0.133 e. The lowest BCUT2D eigenvalue weighted by Gasteiger charge is -2.27. The van der Waals surface area contributed by atoms with Crippen molar-refractivity contribution in [3.8, 4) is 11.5 Å². The Balaban J connectivity index is 0.000000247. The van der Waals surface area contributed by atoms with Crippen LogP contribution in [-0.2, 0) is 29.1 Å². The standard InChI is InChI=1S/C21H22Br2O4.C6H10O3/c1-21(2,13-3-5-19(17(22)7-13)26-11-15-9-24-15)14-4-6-20(18(23)8-14)27-12-16-10-25-16;1(5-3-8-5)7-2-6-4-9-6/h3-8,15-16H,9-12H2,1-2H3;5-6H,1-4H2. The van der Waals surface area contributed by atoms with Gasteiger partial charge in [-0.05, 0) is 67.3 Å². The highest BCUT2D eigenvalue weighted by Crippen LogP contribution is 2.39. The van der Waals surface area contributed by atoms with Gasteiger partial charge in [-0.15, -0.1) is 0 Å². The molecule has 4 atom stereocenters. The van der Waals surface area contributed by atoms with Gasteiger partial charge in [0.25, 0.3) is 0 Å². The molecule has 0 aromatic heterocycles. The Labute approximate surface area is 228 Å². The van der Waals surface area contributed by atoms with E-state index in [0.717, 1.165) is 60.1 Å². The van der Waals surface area contributed by atoms with E-state index >= 15 is 0 Å². The number of hydrogen-bond donors (Lipinski definition) is 0. The van der Waals surface area contributed by atoms with Crippen molar-refractivity contribution in [2.45, 2.75) is 43.7 Å². The smallest absolute Gasteiger partial charge is 0.133 e. The number of rotatable bonds is 12. The monoisotopic (exact) mass is 626 g/mol. The van der Waals surface area contributed by atoms with Crippen molar-refractivity contribution in [2.24, 2.45) is 0 Å². The molecule has 0 bridgehead atoms. The van der Waals surface area contributed by atoms with Crippen LogP contribution < -0.4 is 9.47 Å². The molecule has 4 unspecified atom stereocenters. The summed E-state index contributed by atoms with van der Waals surface area (Å²) in [5.74, 6) is 1.69. The first kappa shape index (κ1) is 26.4. The van der Waals surface area contributed by atoms with Gasteiger partial charge in [-0.1, -0.05) is 26.0 Å². The minimum Gasteiger partial charge on any atom is -0.490 e. The third-order valence-corrected chi connectivity index (χ3v) is 7.61. The third kappa shape index (κ3) is 7.90. The normalized spacial score (nSPS) is 25.4. The molecule has 7 nitrogen and oxygen atoms in total. The van der Waals surface area contributed by atoms with Gasteiger partial charge in [0.1, 0.15) is 49.1 Å². The fourth-order valence-corrected chi connectivity index (χ4v) is 4.52. The highest BCUT2D eigenvalue weighted by molar-refractivity contribution is 9.10. The van der Waals surface area contributed by atoms with Gasteiger partial charge in [0.15, 0.2) is 0 Å². The zero-order valence-corrected chi connectivity index (χ0v) is 23.7. The summed E-state index contributed by atoms with van der Waals surface area (Å²) in [5, 5.41) is 0. The van der Waals surface area contributed by atoms with Gasteiger partial charge in [-0.25, -0.2) is 0 Å². The molecule has 0 radical (unpaired) electrons. The van der Waals surface area contributed by atoms with E-state index in [-0.39, 0.29) is 17.6 Å². The lowest BCUT2D eigenvalue weighted by molar-refractivity contribution is 0.102. The molecule has 0 N–H and O–H groups in total. The van der Waals surface area contributed by atoms with Crippen molar-refractivity contribution in [3.63, 3.8) is 0 Å². The molecule has 2 aromatic rings. The summed E-state index contributed by atoms with van der Waals surface area (Å²) < 4.78 is 39.1. The molecule has 0 amide bonds. The SMILES string of the molecule is C(OCC1CO1)C1CO1.CC(C)(c1ccc(OCC2CO2)c(Br)c1)c1ccc(OCC2CO2)c(Br)c1. The summed E-state index contributed by atoms with van der Waals surface area (Å²) in [4.78, 5) is 0. The number of epoxide rings is 4. The maximum atomic E-state index is 5.81. The molecule has 0 aliphatic carbocycles. The third-order valence-electron chi connectivity index (χ3n) is 6.37. The van der Waals surface area contributed by atoms with Gasteiger partial charge >= 0.3 is 0 Å². The summed E-state index contributed by atoms with van der Waals surface area (Å²) in [7, 11) is 0. The molecular formula is C27H32Br2O7. The van der Waals surface area contributed by atoms with Gasteiger partial charge < -0.3 is 33.2 Å². The molecule has 0 saturated carbocycles. The van der Waals surface area contributed by atoms with Crippen molar-refractivity contribution in [2.75, 3.05) is 52.9 Å². The van der Waals surface area contributed by atoms with Crippen LogP contribution >= 0.6 is 31.9 Å². The van der Waals surface area contributed by atoms with E-state index in [1.165, 1.54) is 11.1 Å². The van der Waals surface area contributed by atoms with Gasteiger partial charge in [-0.3, -0.25) is 0 Å². The maximum absolute atomic E-state index is 5.81. The highest BCUT2D eigenvalue weighted by Gasteiger charge is 2.28. The molecule has 9 heteroatoms. The second kappa shape index (κ2) is 11.7. The van der Waals surface area contributed by atoms with Gasteiger partial charge in [0.2, 0.25) is 0 Å². The van der Waals surface area contributed by atoms with E-state index in [1.807, 2.05) is 12.1 Å². The number of hydrogen-bond acceptors (Lipinski definition) is 7. The predicted octanol–water partition coefficient (Wildman–Crippen LogP) is 4.89. The highest BCUT2D eigenvalue weighted by atomic mass is 79.9. The van der Waals surface area contributed by atoms with Crippen LogP contribution in [0.2, 0.25) is 0 Å². The molecule has 4 aliphatic rings. The van der Waals surface area contributed by atoms with Crippen LogP contribution in [0.5, 0.6) is 11.5 Å². The van der Waals surface area contributed by atoms with Crippen LogP contribution in [0.25, 0.3) is 0 Å². The molecule has 196 valence electrons. The van der Waals surface area contributed by atoms with Crippen LogP contribution in [0.4, 0.5) is 0 Å². The van der Waals surface area contributed by atoms with Crippen molar-refractivity contribution in [1.29, 1.82) is 0 Å². The fourth-order valence-electron chi connectivity index (χ4n) is 3.53. The second-order valence-electron chi connectivity index (χ2n) is 9.90. The van der Waals surface area contributed by atoms with Crippen LogP contribution in [0.1, 0.15) is 25.0 Å². The van der Waals surface area contributed by atoms with E-state index in [0.29, 0.717) is 25.4 Å². The van der Waals surface area contributed by atoms with Crippen molar-refractivity contribution >= 4 is 31.9 Å². The Morgan fingerprint density at radius 1 is 0.667 bits per heavy atom. The largest absolute Gasteiger partial charge is 0.490 e. The first-order chi connectivity index (χ1) is 17.4. The first-order valence-corrected chi connectivity index (χ1v) is 13.9. The Hall–Kier alpha value is -1.20. The summed E-state index contributed by atoms with van der Waals surface area (Å²) >= 11 is 7.28. The van der Waals surface area contributed by atoms with Crippen molar-refractivity contribution < 1.29 is 33.2 Å². The molecule has 4 fully saturated rings. The lowest BCUT2D eigenvalue weighted by Crippen LogP contribution is -2.19. The summed E-state index contributed by atoms with van der Waals surface area (Å²) in [6.07, 6.45) is 1.28. The molecule has 0 spiro atoms. The first-order valence-electron chi connectivity index (χ1n) is 12.3. The fraction of sp³-hybridized carbons (Fsp3) is 0.556. The minimum atomic E-state index is -0.165. The Morgan fingerprint density at radius 3 is 1.36 bits per heavy atom. The van der Waals surface area contributed by atoms with E-state index in [1.54, 1.807) is 0 Å². The minimum absolute atomic E-state index is 0.165. The van der Waals surface area contributed by atoms with Crippen molar-refractivity contribution in [1.82, 2.24) is 0 Å². The number of ether oxygens (including phenoxy) is 7. The Morgan fingerprint density at radius 2 is 1.03 bits per heavy atom. The topological polar surface area (TPSA) is 77.8 Å². The molecule has 2 aromatic carbocycles. The van der Waals surface area contributed by atoms with Crippen LogP contribution in [0.15, 0.2) is 45.3 Å². The predicted molar refractivity (Wildman–Crippen MR) is 141 cm³/mol. The van der Waals surface area contributed by atoms with Gasteiger partial charge in [-0.2, -0.15) is 0 Å². The second-order valence-corrected chi connectivity index (χ2v) is 11.6. The molecule has 4 saturated heterocycles. The van der Waals surface area contributed by atoms with Gasteiger partial charge in [0.05, 0.1) is 48.6 Å². The summed E-state index contributed by atoms with van der Waals surface area (Å²) in [6.45, 7) is 10.5. The lowest BCUT2D eigenvalue weighted by atomic mass is 9.78. The van der Waals surface area contributed by atoms with Crippen LogP contribution in [0.3, 0.4) is 0 Å². The molecule has 6 rings (SSSR count). The summed E-state index contributed by atoms with van der Waals surface area (Å²) in [6, 6.07) is 12.5. The molecular weight excluding hydrogens is 596 g/mol.